The molecule has 2 unspecified atom stereocenters. The number of hydrogen-bond acceptors (Lipinski definition) is 6. The molecule has 1 aliphatic carbocycles. The van der Waals surface area contributed by atoms with E-state index in [2.05, 4.69) is 36.2 Å². The van der Waals surface area contributed by atoms with Crippen molar-refractivity contribution in [1.82, 2.24) is 19.5 Å². The summed E-state index contributed by atoms with van der Waals surface area (Å²) in [5.74, 6) is 0. The van der Waals surface area contributed by atoms with Crippen LogP contribution in [0.5, 0.6) is 0 Å². The summed E-state index contributed by atoms with van der Waals surface area (Å²) in [7, 11) is 0. The Morgan fingerprint density at radius 1 is 1.18 bits per heavy atom. The molecule has 4 aromatic rings. The Morgan fingerprint density at radius 3 is 2.96 bits per heavy atom. The predicted molar refractivity (Wildman–Crippen MR) is 110 cm³/mol. The van der Waals surface area contributed by atoms with Gasteiger partial charge in [0.15, 0.2) is 11.2 Å². The van der Waals surface area contributed by atoms with Gasteiger partial charge in [0, 0.05) is 10.7 Å². The van der Waals surface area contributed by atoms with Crippen LogP contribution in [0, 0.1) is 0 Å². The molecule has 1 aromatic carbocycles. The van der Waals surface area contributed by atoms with Crippen LogP contribution in [0.2, 0.25) is 0 Å². The van der Waals surface area contributed by atoms with Crippen LogP contribution in [-0.4, -0.2) is 36.8 Å². The number of anilines is 1. The molecular weight excluding hydrogens is 422 g/mol. The third-order valence-electron chi connectivity index (χ3n) is 5.27. The first-order valence-corrected chi connectivity index (χ1v) is 10.3. The number of fused-ring (bicyclic) bond motifs is 2. The van der Waals surface area contributed by atoms with Crippen molar-refractivity contribution in [3.8, 4) is 0 Å². The summed E-state index contributed by atoms with van der Waals surface area (Å²) >= 11 is 3.42. The molecule has 1 aliphatic rings. The van der Waals surface area contributed by atoms with Gasteiger partial charge in [0.1, 0.15) is 11.0 Å². The van der Waals surface area contributed by atoms with Gasteiger partial charge in [-0.1, -0.05) is 18.9 Å². The molecular formula is C20H20BrN5O2. The topological polar surface area (TPSA) is 89.0 Å². The van der Waals surface area contributed by atoms with Crippen LogP contribution < -0.4 is 5.32 Å². The maximum absolute atomic E-state index is 10.1. The third-order valence-corrected chi connectivity index (χ3v) is 5.70. The lowest BCUT2D eigenvalue weighted by molar-refractivity contribution is 0.115. The molecule has 5 rings (SSSR count). The Labute approximate surface area is 169 Å². The first-order chi connectivity index (χ1) is 13.7. The summed E-state index contributed by atoms with van der Waals surface area (Å²) < 4.78 is 8.83. The van der Waals surface area contributed by atoms with Gasteiger partial charge in [0.05, 0.1) is 25.0 Å². The second kappa shape index (κ2) is 7.18. The predicted octanol–water partition coefficient (Wildman–Crippen LogP) is 4.10. The number of nitrogens with one attached hydrogen (secondary N) is 1. The van der Waals surface area contributed by atoms with Gasteiger partial charge in [0.25, 0.3) is 6.01 Å². The van der Waals surface area contributed by atoms with Crippen molar-refractivity contribution in [2.75, 3.05) is 5.32 Å². The molecule has 3 aromatic heterocycles. The molecule has 0 spiro atoms. The molecule has 0 radical (unpaired) electrons. The van der Waals surface area contributed by atoms with Gasteiger partial charge in [-0.2, -0.15) is 4.98 Å². The summed E-state index contributed by atoms with van der Waals surface area (Å²) in [6.07, 6.45) is 7.17. The number of aromatic nitrogens is 4. The Balaban J connectivity index is 1.38. The summed E-state index contributed by atoms with van der Waals surface area (Å²) in [5, 5.41) is 13.4. The number of benzene rings is 1. The lowest BCUT2D eigenvalue weighted by atomic mass is 9.93. The molecule has 0 aliphatic heterocycles. The molecule has 1 saturated carbocycles. The normalized spacial score (nSPS) is 20.1. The van der Waals surface area contributed by atoms with E-state index in [4.69, 9.17) is 4.42 Å². The van der Waals surface area contributed by atoms with Gasteiger partial charge in [0.2, 0.25) is 0 Å². The maximum atomic E-state index is 10.1. The average Bonchev–Trinajstić information content (AvgIpc) is 3.26. The zero-order chi connectivity index (χ0) is 19.1. The fraction of sp³-hybridized carbons (Fsp3) is 0.350. The quantitative estimate of drug-likeness (QED) is 0.495. The van der Waals surface area contributed by atoms with Crippen LogP contribution in [0.1, 0.15) is 31.2 Å². The zero-order valence-electron chi connectivity index (χ0n) is 15.2. The van der Waals surface area contributed by atoms with E-state index in [1.54, 1.807) is 12.5 Å². The van der Waals surface area contributed by atoms with Gasteiger partial charge in [-0.05, 0) is 52.5 Å². The SMILES string of the molecule is OC1CCCCC1Nc1nc2ccc(Cn3cnc4cc(Br)cnc43)cc2o1. The zero-order valence-corrected chi connectivity index (χ0v) is 16.8. The molecule has 28 heavy (non-hydrogen) atoms. The number of nitrogens with zero attached hydrogens (tertiary/aromatic N) is 4. The van der Waals surface area contributed by atoms with Gasteiger partial charge in [-0.3, -0.25) is 0 Å². The maximum Gasteiger partial charge on any atom is 0.295 e. The summed E-state index contributed by atoms with van der Waals surface area (Å²) in [6, 6.07) is 8.42. The van der Waals surface area contributed by atoms with E-state index < -0.39 is 0 Å². The first-order valence-electron chi connectivity index (χ1n) is 9.46. The van der Waals surface area contributed by atoms with Crippen LogP contribution in [0.15, 0.2) is 45.7 Å². The Hall–Kier alpha value is -2.45. The van der Waals surface area contributed by atoms with Crippen molar-refractivity contribution in [3.05, 3.63) is 46.8 Å². The minimum Gasteiger partial charge on any atom is -0.424 e. The van der Waals surface area contributed by atoms with E-state index in [1.165, 1.54) is 0 Å². The molecule has 2 N–H and O–H groups in total. The number of aliphatic hydroxyl groups excluding tert-OH is 1. The number of rotatable bonds is 4. The highest BCUT2D eigenvalue weighted by molar-refractivity contribution is 9.10. The number of imidazole rings is 1. The van der Waals surface area contributed by atoms with E-state index in [9.17, 15) is 5.11 Å². The van der Waals surface area contributed by atoms with Crippen LogP contribution in [0.3, 0.4) is 0 Å². The van der Waals surface area contributed by atoms with E-state index in [-0.39, 0.29) is 12.1 Å². The minimum atomic E-state index is -0.346. The number of hydrogen-bond donors (Lipinski definition) is 2. The van der Waals surface area contributed by atoms with Crippen molar-refractivity contribution in [3.63, 3.8) is 0 Å². The van der Waals surface area contributed by atoms with E-state index >= 15 is 0 Å². The molecule has 0 bridgehead atoms. The van der Waals surface area contributed by atoms with Crippen molar-refractivity contribution in [1.29, 1.82) is 0 Å². The highest BCUT2D eigenvalue weighted by Gasteiger charge is 2.24. The third kappa shape index (κ3) is 3.38. The number of pyridine rings is 1. The molecule has 0 saturated heterocycles. The van der Waals surface area contributed by atoms with Gasteiger partial charge >= 0.3 is 0 Å². The molecule has 0 amide bonds. The lowest BCUT2D eigenvalue weighted by Crippen LogP contribution is -2.36. The van der Waals surface area contributed by atoms with Crippen LogP contribution in [-0.2, 0) is 6.54 Å². The Bertz CT molecular complexity index is 1140. The minimum absolute atomic E-state index is 0.00370. The summed E-state index contributed by atoms with van der Waals surface area (Å²) in [6.45, 7) is 0.645. The first kappa shape index (κ1) is 17.6. The monoisotopic (exact) mass is 441 g/mol. The fourth-order valence-electron chi connectivity index (χ4n) is 3.80. The fourth-order valence-corrected chi connectivity index (χ4v) is 4.12. The highest BCUT2D eigenvalue weighted by atomic mass is 79.9. The van der Waals surface area contributed by atoms with E-state index in [1.807, 2.05) is 28.8 Å². The average molecular weight is 442 g/mol. The van der Waals surface area contributed by atoms with Gasteiger partial charge in [-0.15, -0.1) is 0 Å². The summed E-state index contributed by atoms with van der Waals surface area (Å²) in [5.41, 5.74) is 4.30. The second-order valence-electron chi connectivity index (χ2n) is 7.29. The highest BCUT2D eigenvalue weighted by Crippen LogP contribution is 2.26. The number of aliphatic hydroxyl groups is 1. The molecule has 144 valence electrons. The van der Waals surface area contributed by atoms with E-state index in [0.717, 1.165) is 58.0 Å². The molecule has 3 heterocycles. The van der Waals surface area contributed by atoms with Crippen molar-refractivity contribution >= 4 is 44.2 Å². The number of oxazole rings is 1. The van der Waals surface area contributed by atoms with Crippen LogP contribution >= 0.6 is 15.9 Å². The van der Waals surface area contributed by atoms with Crippen molar-refractivity contribution in [2.45, 2.75) is 44.4 Å². The van der Waals surface area contributed by atoms with Gasteiger partial charge in [-0.25, -0.2) is 9.97 Å². The largest absolute Gasteiger partial charge is 0.424 e. The second-order valence-corrected chi connectivity index (χ2v) is 8.21. The standard InChI is InChI=1S/C20H20BrN5O2/c21-13-8-16-19(22-9-13)26(11-23-16)10-12-5-6-15-18(7-12)28-20(25-15)24-14-3-1-2-4-17(14)27/h5-9,11,14,17,27H,1-4,10H2,(H,24,25). The Morgan fingerprint density at radius 2 is 2.07 bits per heavy atom. The molecule has 7 nitrogen and oxygen atoms in total. The van der Waals surface area contributed by atoms with Crippen molar-refractivity contribution < 1.29 is 9.52 Å². The smallest absolute Gasteiger partial charge is 0.295 e. The van der Waals surface area contributed by atoms with Crippen molar-refractivity contribution in [2.24, 2.45) is 0 Å². The molecule has 2 atom stereocenters. The lowest BCUT2D eigenvalue weighted by Gasteiger charge is -2.27. The van der Waals surface area contributed by atoms with E-state index in [0.29, 0.717) is 12.6 Å². The van der Waals surface area contributed by atoms with Crippen LogP contribution in [0.4, 0.5) is 6.01 Å². The summed E-state index contributed by atoms with van der Waals surface area (Å²) in [4.78, 5) is 13.4. The molecule has 1 fully saturated rings. The van der Waals surface area contributed by atoms with Crippen LogP contribution in [0.25, 0.3) is 22.3 Å². The Kier molecular flexibility index (Phi) is 4.52. The molecule has 8 heteroatoms. The van der Waals surface area contributed by atoms with Gasteiger partial charge < -0.3 is 19.4 Å². The number of halogens is 1.